The minimum atomic E-state index is 0.685. The highest BCUT2D eigenvalue weighted by Crippen LogP contribution is 2.43. The fourth-order valence-corrected chi connectivity index (χ4v) is 13.8. The molecule has 1 aliphatic carbocycles. The minimum absolute atomic E-state index is 0.685. The molecule has 0 amide bonds. The predicted octanol–water partition coefficient (Wildman–Crippen LogP) is 16.3. The quantitative estimate of drug-likeness (QED) is 0.0479. The molecule has 0 radical (unpaired) electrons. The summed E-state index contributed by atoms with van der Waals surface area (Å²) < 4.78 is 0. The molecule has 2 fully saturated rings. The first-order valence-electron chi connectivity index (χ1n) is 27.5. The summed E-state index contributed by atoms with van der Waals surface area (Å²) in [5, 5.41) is 35.1. The molecule has 1 saturated carbocycles. The van der Waals surface area contributed by atoms with E-state index in [0.717, 1.165) is 58.7 Å². The van der Waals surface area contributed by atoms with Crippen LogP contribution in [0.1, 0.15) is 126 Å². The van der Waals surface area contributed by atoms with Crippen molar-refractivity contribution in [2.75, 3.05) is 39.3 Å². The van der Waals surface area contributed by atoms with E-state index in [1.54, 1.807) is 34.0 Å². The molecule has 2 unspecified atom stereocenters. The van der Waals surface area contributed by atoms with Gasteiger partial charge in [0.2, 0.25) is 0 Å². The largest absolute Gasteiger partial charge is 0.361 e. The predicted molar refractivity (Wildman–Crippen MR) is 323 cm³/mol. The number of likely N-dealkylation sites (tertiary alicyclic amines) is 1. The maximum Gasteiger partial charge on any atom is 0.0529 e. The second-order valence-corrected chi connectivity index (χ2v) is 23.9. The molecule has 11 heteroatoms. The zero-order chi connectivity index (χ0) is 51.5. The third kappa shape index (κ3) is 13.2. The van der Waals surface area contributed by atoms with Gasteiger partial charge in [-0.15, -0.1) is 34.0 Å². The number of aromatic nitrogens is 3. The summed E-state index contributed by atoms with van der Waals surface area (Å²) in [6.45, 7) is 11.6. The number of rotatable bonds is 18. The van der Waals surface area contributed by atoms with E-state index < -0.39 is 0 Å². The first kappa shape index (κ1) is 52.5. The van der Waals surface area contributed by atoms with Crippen molar-refractivity contribution in [2.45, 2.75) is 103 Å². The lowest BCUT2D eigenvalue weighted by Crippen LogP contribution is -2.29. The van der Waals surface area contributed by atoms with Gasteiger partial charge in [0.15, 0.2) is 0 Å². The van der Waals surface area contributed by atoms with Crippen molar-refractivity contribution < 1.29 is 0 Å². The number of benzene rings is 3. The molecule has 12 rings (SSSR count). The zero-order valence-corrected chi connectivity index (χ0v) is 46.4. The first-order valence-corrected chi connectivity index (χ1v) is 30.2. The van der Waals surface area contributed by atoms with Crippen LogP contribution in [0.2, 0.25) is 0 Å². The standard InChI is InChI=1S/C22H25N3S.C22H26N2S.C20H23N3S/c1-2-9-25-10-7-17(8-11-25)19-15-24-21-6-5-16(13-18(19)21)14-20(23)22-4-3-12-26-22;1-2-4-15-6-8-17(11-15)19-14-24-21-9-7-16(12-18(19)21)13-20(23)22-5-3-10-25-22;21-18(20-4-3-11-24-20)13-15-5-6-19-17(12-15)16(14-22-19)7-10-23-8-1-2-9-23/h3-7,12-13,15,23-24H,2,8-11,14H2,1H3;3,5,7,9-10,12,14-15,17,23-24H,2,4,6,8,11,13H2,1H3;3-6,11-12,14,21-22H,1-2,7-10,13H2. The normalized spacial score (nSPS) is 17.0. The van der Waals surface area contributed by atoms with Crippen molar-refractivity contribution in [3.63, 3.8) is 0 Å². The van der Waals surface area contributed by atoms with Crippen LogP contribution in [0.5, 0.6) is 0 Å². The van der Waals surface area contributed by atoms with Crippen LogP contribution in [-0.2, 0) is 25.7 Å². The van der Waals surface area contributed by atoms with Crippen LogP contribution in [0, 0.1) is 22.1 Å². The smallest absolute Gasteiger partial charge is 0.0529 e. The number of fused-ring (bicyclic) bond motifs is 3. The molecule has 3 aliphatic rings. The van der Waals surface area contributed by atoms with Crippen LogP contribution >= 0.6 is 34.0 Å². The van der Waals surface area contributed by atoms with Gasteiger partial charge in [-0.1, -0.05) is 69.2 Å². The van der Waals surface area contributed by atoms with Crippen molar-refractivity contribution in [2.24, 2.45) is 5.92 Å². The maximum absolute atomic E-state index is 8.35. The van der Waals surface area contributed by atoms with Crippen molar-refractivity contribution in [1.82, 2.24) is 24.8 Å². The summed E-state index contributed by atoms with van der Waals surface area (Å²) in [7, 11) is 0. The van der Waals surface area contributed by atoms with Crippen molar-refractivity contribution >= 4 is 89.4 Å². The van der Waals surface area contributed by atoms with Crippen LogP contribution in [0.25, 0.3) is 38.3 Å². The monoisotopic (exact) mass is 1050 g/mol. The van der Waals surface area contributed by atoms with E-state index in [0.29, 0.717) is 36.6 Å². The molecule has 1 saturated heterocycles. The average molecular weight is 1050 g/mol. The van der Waals surface area contributed by atoms with E-state index >= 15 is 0 Å². The second kappa shape index (κ2) is 25.3. The minimum Gasteiger partial charge on any atom is -0.361 e. The van der Waals surface area contributed by atoms with E-state index in [1.807, 2.05) is 52.5 Å². The highest BCUT2D eigenvalue weighted by Gasteiger charge is 2.27. The molecule has 388 valence electrons. The zero-order valence-electron chi connectivity index (χ0n) is 43.9. The van der Waals surface area contributed by atoms with Crippen LogP contribution in [0.4, 0.5) is 0 Å². The average Bonchev–Trinajstić information content (AvgIpc) is 4.28. The summed E-state index contributed by atoms with van der Waals surface area (Å²) in [5.41, 5.74) is 15.1. The summed E-state index contributed by atoms with van der Waals surface area (Å²) >= 11 is 4.94. The molecule has 2 atom stereocenters. The molecular weight excluding hydrogens is 977 g/mol. The Morgan fingerprint density at radius 2 is 1.15 bits per heavy atom. The van der Waals surface area contributed by atoms with Gasteiger partial charge in [-0.3, -0.25) is 4.90 Å². The van der Waals surface area contributed by atoms with Crippen LogP contribution < -0.4 is 0 Å². The lowest BCUT2D eigenvalue weighted by Gasteiger charge is -2.25. The number of thiophene rings is 3. The molecule has 9 aromatic rings. The Hall–Kier alpha value is -5.95. The molecule has 2 aliphatic heterocycles. The van der Waals surface area contributed by atoms with Crippen LogP contribution in [0.15, 0.2) is 132 Å². The van der Waals surface area contributed by atoms with E-state index in [2.05, 4.69) is 118 Å². The third-order valence-corrected chi connectivity index (χ3v) is 18.5. The summed E-state index contributed by atoms with van der Waals surface area (Å²) in [6, 6.07) is 32.0. The van der Waals surface area contributed by atoms with Gasteiger partial charge in [-0.25, -0.2) is 0 Å². The third-order valence-electron chi connectivity index (χ3n) is 15.7. The van der Waals surface area contributed by atoms with E-state index in [4.69, 9.17) is 16.2 Å². The number of nitrogens with zero attached hydrogens (tertiary/aromatic N) is 2. The van der Waals surface area contributed by atoms with Crippen LogP contribution in [0.3, 0.4) is 0 Å². The molecule has 8 heterocycles. The van der Waals surface area contributed by atoms with Crippen molar-refractivity contribution in [3.8, 4) is 0 Å². The Balaban J connectivity index is 0.000000128. The molecule has 3 aromatic carbocycles. The lowest BCUT2D eigenvalue weighted by molar-refractivity contribution is 0.302. The van der Waals surface area contributed by atoms with E-state index in [-0.39, 0.29) is 0 Å². The second-order valence-electron chi connectivity index (χ2n) is 21.0. The van der Waals surface area contributed by atoms with Gasteiger partial charge >= 0.3 is 0 Å². The summed E-state index contributed by atoms with van der Waals surface area (Å²) in [4.78, 5) is 18.6. The number of aromatic amines is 3. The van der Waals surface area contributed by atoms with Gasteiger partial charge in [-0.2, -0.15) is 0 Å². The Labute approximate surface area is 455 Å². The van der Waals surface area contributed by atoms with Gasteiger partial charge in [0, 0.05) is 110 Å². The van der Waals surface area contributed by atoms with E-state index in [1.165, 1.54) is 143 Å². The molecule has 0 spiro atoms. The van der Waals surface area contributed by atoms with Crippen molar-refractivity contribution in [3.05, 3.63) is 180 Å². The Kier molecular flexibility index (Phi) is 17.7. The molecule has 8 nitrogen and oxygen atoms in total. The molecule has 75 heavy (non-hydrogen) atoms. The SMILES string of the molecule is CCCC1CCC(c2c[nH]c3ccc(CC(=N)c4cccs4)cc23)C1.CCCN1CC=C(c2c[nH]c3ccc(CC(=N)c4cccs4)cc23)CC1.N=C(Cc1ccc2[nH]cc(CCN3CCCC3)c2c1)c1cccs1. The van der Waals surface area contributed by atoms with Crippen molar-refractivity contribution in [1.29, 1.82) is 16.2 Å². The van der Waals surface area contributed by atoms with Gasteiger partial charge in [0.25, 0.3) is 0 Å². The summed E-state index contributed by atoms with van der Waals surface area (Å²) in [5.74, 6) is 1.62. The topological polar surface area (TPSA) is 125 Å². The Morgan fingerprint density at radius 1 is 0.587 bits per heavy atom. The highest BCUT2D eigenvalue weighted by molar-refractivity contribution is 7.12. The van der Waals surface area contributed by atoms with Crippen LogP contribution in [-0.4, -0.2) is 81.2 Å². The van der Waals surface area contributed by atoms with Gasteiger partial charge in [0.05, 0.1) is 17.1 Å². The first-order chi connectivity index (χ1) is 36.8. The molecule has 6 N–H and O–H groups in total. The molecular formula is C64H74N8S3. The number of H-pyrrole nitrogens is 3. The molecule has 6 aromatic heterocycles. The fraction of sp³-hybridized carbons (Fsp3) is 0.359. The van der Waals surface area contributed by atoms with E-state index in [9.17, 15) is 0 Å². The van der Waals surface area contributed by atoms with Gasteiger partial charge < -0.3 is 36.1 Å². The Morgan fingerprint density at radius 3 is 1.71 bits per heavy atom. The number of hydrogen-bond donors (Lipinski definition) is 6. The lowest BCUT2D eigenvalue weighted by atomic mass is 9.93. The fourth-order valence-electron chi connectivity index (χ4n) is 11.7. The molecule has 0 bridgehead atoms. The van der Waals surface area contributed by atoms with Gasteiger partial charge in [-0.05, 0) is 187 Å². The Bertz CT molecular complexity index is 3320. The van der Waals surface area contributed by atoms with Gasteiger partial charge in [0.1, 0.15) is 0 Å². The maximum atomic E-state index is 8.35. The summed E-state index contributed by atoms with van der Waals surface area (Å²) in [6.07, 6.45) is 23.9. The highest BCUT2D eigenvalue weighted by atomic mass is 32.1. The number of hydrogen-bond acceptors (Lipinski definition) is 8. The number of nitrogens with one attached hydrogen (secondary N) is 6.